The van der Waals surface area contributed by atoms with Crippen molar-refractivity contribution in [3.05, 3.63) is 63.2 Å². The van der Waals surface area contributed by atoms with E-state index in [9.17, 15) is 14.4 Å². The third kappa shape index (κ3) is 4.89. The monoisotopic (exact) mass is 358 g/mol. The Morgan fingerprint density at radius 1 is 1.31 bits per heavy atom. The molecule has 0 aliphatic carbocycles. The van der Waals surface area contributed by atoms with Crippen molar-refractivity contribution in [1.29, 1.82) is 0 Å². The van der Waals surface area contributed by atoms with Gasteiger partial charge in [0.1, 0.15) is 0 Å². The van der Waals surface area contributed by atoms with E-state index in [-0.39, 0.29) is 25.0 Å². The maximum absolute atomic E-state index is 12.4. The molecule has 8 heteroatoms. The molecule has 2 aromatic heterocycles. The van der Waals surface area contributed by atoms with Crippen LogP contribution < -0.4 is 11.2 Å². The van der Waals surface area contributed by atoms with Crippen LogP contribution in [0.1, 0.15) is 25.0 Å². The molecule has 8 nitrogen and oxygen atoms in total. The summed E-state index contributed by atoms with van der Waals surface area (Å²) < 4.78 is 7.22. The van der Waals surface area contributed by atoms with Crippen LogP contribution in [0, 0.1) is 0 Å². The van der Waals surface area contributed by atoms with Gasteiger partial charge >= 0.3 is 5.69 Å². The van der Waals surface area contributed by atoms with Gasteiger partial charge in [0.25, 0.3) is 5.56 Å². The number of rotatable bonds is 6. The molecule has 1 aliphatic heterocycles. The van der Waals surface area contributed by atoms with Crippen LogP contribution in [0.2, 0.25) is 0 Å². The highest BCUT2D eigenvalue weighted by Gasteiger charge is 2.24. The summed E-state index contributed by atoms with van der Waals surface area (Å²) in [5, 5.41) is 0. The van der Waals surface area contributed by atoms with Crippen molar-refractivity contribution in [3.8, 4) is 0 Å². The summed E-state index contributed by atoms with van der Waals surface area (Å²) in [6.07, 6.45) is 5.13. The van der Waals surface area contributed by atoms with Gasteiger partial charge in [-0.05, 0) is 25.0 Å². The smallest absolute Gasteiger partial charge is 0.328 e. The Morgan fingerprint density at radius 3 is 2.96 bits per heavy atom. The molecule has 1 aliphatic rings. The van der Waals surface area contributed by atoms with Crippen LogP contribution in [0.5, 0.6) is 0 Å². The molecule has 138 valence electrons. The van der Waals surface area contributed by atoms with E-state index in [1.165, 1.54) is 16.8 Å². The van der Waals surface area contributed by atoms with Crippen LogP contribution in [0.4, 0.5) is 0 Å². The number of carbonyl (C=O) groups is 1. The summed E-state index contributed by atoms with van der Waals surface area (Å²) in [6, 6.07) is 6.96. The SMILES string of the molecule is O=C(CCn1ccc(=O)[nH]c1=O)N1CCC[C@H](OCc2ccccn2)C1. The molecule has 26 heavy (non-hydrogen) atoms. The molecule has 0 saturated carbocycles. The third-order valence-corrected chi connectivity index (χ3v) is 4.39. The van der Waals surface area contributed by atoms with Gasteiger partial charge in [0.05, 0.1) is 18.4 Å². The second kappa shape index (κ2) is 8.57. The highest BCUT2D eigenvalue weighted by molar-refractivity contribution is 5.76. The Hall–Kier alpha value is -2.74. The van der Waals surface area contributed by atoms with E-state index in [0.717, 1.165) is 18.5 Å². The number of ether oxygens (including phenoxy) is 1. The molecule has 0 aromatic carbocycles. The normalized spacial score (nSPS) is 17.2. The number of pyridine rings is 1. The van der Waals surface area contributed by atoms with Gasteiger partial charge in [-0.1, -0.05) is 6.07 Å². The molecule has 1 saturated heterocycles. The van der Waals surface area contributed by atoms with Gasteiger partial charge < -0.3 is 14.2 Å². The third-order valence-electron chi connectivity index (χ3n) is 4.39. The van der Waals surface area contributed by atoms with Crippen molar-refractivity contribution in [1.82, 2.24) is 19.4 Å². The summed E-state index contributed by atoms with van der Waals surface area (Å²) in [5.41, 5.74) is -0.0737. The van der Waals surface area contributed by atoms with Crippen LogP contribution in [0.15, 0.2) is 46.2 Å². The number of amides is 1. The summed E-state index contributed by atoms with van der Waals surface area (Å²) in [5.74, 6) is -0.0192. The molecule has 1 atom stereocenters. The first kappa shape index (κ1) is 18.1. The number of likely N-dealkylation sites (tertiary alicyclic amines) is 1. The number of aryl methyl sites for hydroxylation is 1. The molecule has 0 bridgehead atoms. The van der Waals surface area contributed by atoms with E-state index in [1.807, 2.05) is 18.2 Å². The van der Waals surface area contributed by atoms with Crippen LogP contribution in [-0.2, 0) is 22.7 Å². The van der Waals surface area contributed by atoms with Gasteiger partial charge in [0.15, 0.2) is 0 Å². The molecule has 2 aromatic rings. The summed E-state index contributed by atoms with van der Waals surface area (Å²) >= 11 is 0. The standard InChI is InChI=1S/C18H22N4O4/c23-16-6-10-21(18(25)20-16)11-7-17(24)22-9-3-5-15(12-22)26-13-14-4-1-2-8-19-14/h1-2,4,6,8,10,15H,3,5,7,9,11-13H2,(H,20,23,25)/t15-/m0/s1. The molecular formula is C18H22N4O4. The van der Waals surface area contributed by atoms with Crippen molar-refractivity contribution in [3.63, 3.8) is 0 Å². The van der Waals surface area contributed by atoms with E-state index in [2.05, 4.69) is 9.97 Å². The number of nitrogens with zero attached hydrogens (tertiary/aromatic N) is 3. The van der Waals surface area contributed by atoms with E-state index < -0.39 is 11.2 Å². The van der Waals surface area contributed by atoms with E-state index in [0.29, 0.717) is 19.7 Å². The van der Waals surface area contributed by atoms with Crippen LogP contribution in [0.25, 0.3) is 0 Å². The molecule has 0 radical (unpaired) electrons. The van der Waals surface area contributed by atoms with Crippen LogP contribution >= 0.6 is 0 Å². The second-order valence-electron chi connectivity index (χ2n) is 6.29. The zero-order valence-electron chi connectivity index (χ0n) is 14.5. The van der Waals surface area contributed by atoms with Crippen LogP contribution in [-0.4, -0.2) is 44.5 Å². The number of nitrogens with one attached hydrogen (secondary N) is 1. The van der Waals surface area contributed by atoms with Gasteiger partial charge in [-0.3, -0.25) is 19.6 Å². The lowest BCUT2D eigenvalue weighted by Crippen LogP contribution is -2.43. The number of aromatic nitrogens is 3. The Kier molecular flexibility index (Phi) is 5.96. The molecule has 0 spiro atoms. The molecule has 3 heterocycles. The van der Waals surface area contributed by atoms with Crippen molar-refractivity contribution < 1.29 is 9.53 Å². The van der Waals surface area contributed by atoms with Gasteiger partial charge in [-0.25, -0.2) is 4.79 Å². The molecule has 1 N–H and O–H groups in total. The number of carbonyl (C=O) groups excluding carboxylic acids is 1. The molecule has 1 fully saturated rings. The summed E-state index contributed by atoms with van der Waals surface area (Å²) in [4.78, 5) is 43.4. The summed E-state index contributed by atoms with van der Waals surface area (Å²) in [6.45, 7) is 1.92. The quantitative estimate of drug-likeness (QED) is 0.812. The van der Waals surface area contributed by atoms with E-state index in [4.69, 9.17) is 4.74 Å². The first-order valence-electron chi connectivity index (χ1n) is 8.71. The van der Waals surface area contributed by atoms with E-state index in [1.54, 1.807) is 11.1 Å². The lowest BCUT2D eigenvalue weighted by atomic mass is 10.1. The lowest BCUT2D eigenvalue weighted by Gasteiger charge is -2.32. The fraction of sp³-hybridized carbons (Fsp3) is 0.444. The number of H-pyrrole nitrogens is 1. The fourth-order valence-corrected chi connectivity index (χ4v) is 2.98. The molecule has 0 unspecified atom stereocenters. The van der Waals surface area contributed by atoms with E-state index >= 15 is 0 Å². The second-order valence-corrected chi connectivity index (χ2v) is 6.29. The van der Waals surface area contributed by atoms with Crippen molar-refractivity contribution in [2.75, 3.05) is 13.1 Å². The van der Waals surface area contributed by atoms with Crippen molar-refractivity contribution in [2.24, 2.45) is 0 Å². The van der Waals surface area contributed by atoms with Crippen LogP contribution in [0.3, 0.4) is 0 Å². The predicted molar refractivity (Wildman–Crippen MR) is 94.6 cm³/mol. The maximum atomic E-state index is 12.4. The number of piperidine rings is 1. The Bertz CT molecular complexity index is 846. The Morgan fingerprint density at radius 2 is 2.19 bits per heavy atom. The molecule has 3 rings (SSSR count). The number of hydrogen-bond acceptors (Lipinski definition) is 5. The zero-order chi connectivity index (χ0) is 18.4. The first-order valence-corrected chi connectivity index (χ1v) is 8.71. The van der Waals surface area contributed by atoms with Gasteiger partial charge in [-0.2, -0.15) is 0 Å². The van der Waals surface area contributed by atoms with Gasteiger partial charge in [0, 0.05) is 44.5 Å². The zero-order valence-corrected chi connectivity index (χ0v) is 14.5. The number of aromatic amines is 1. The lowest BCUT2D eigenvalue weighted by molar-refractivity contribution is -0.135. The van der Waals surface area contributed by atoms with Gasteiger partial charge in [-0.15, -0.1) is 0 Å². The maximum Gasteiger partial charge on any atom is 0.328 e. The topological polar surface area (TPSA) is 97.3 Å². The minimum atomic E-state index is -0.500. The van der Waals surface area contributed by atoms with Gasteiger partial charge in [0.2, 0.25) is 5.91 Å². The molecule has 1 amide bonds. The highest BCUT2D eigenvalue weighted by Crippen LogP contribution is 2.15. The largest absolute Gasteiger partial charge is 0.370 e. The Labute approximate surface area is 150 Å². The first-order chi connectivity index (χ1) is 12.6. The highest BCUT2D eigenvalue weighted by atomic mass is 16.5. The fourth-order valence-electron chi connectivity index (χ4n) is 2.98. The van der Waals surface area contributed by atoms with Crippen molar-refractivity contribution in [2.45, 2.75) is 38.5 Å². The average Bonchev–Trinajstić information content (AvgIpc) is 2.66. The minimum absolute atomic E-state index is 0.00879. The van der Waals surface area contributed by atoms with Crippen molar-refractivity contribution >= 4 is 5.91 Å². The Balaban J connectivity index is 1.49. The molecular weight excluding hydrogens is 336 g/mol. The number of hydrogen-bond donors (Lipinski definition) is 1. The predicted octanol–water partition coefficient (Wildman–Crippen LogP) is 0.529. The summed E-state index contributed by atoms with van der Waals surface area (Å²) in [7, 11) is 0. The average molecular weight is 358 g/mol. The minimum Gasteiger partial charge on any atom is -0.370 e.